The van der Waals surface area contributed by atoms with Crippen molar-refractivity contribution in [3.05, 3.63) is 71.8 Å². The SMILES string of the molecule is COC(C)OCOc1cc2ccc(C3CCN(CCOc4ccccc4)CC3)cc2cc1C12CC3CC(CC(C3)C1)C2. The number of piperidine rings is 1. The van der Waals surface area contributed by atoms with Gasteiger partial charge in [0, 0.05) is 19.2 Å². The molecule has 4 saturated carbocycles. The zero-order valence-electron chi connectivity index (χ0n) is 25.4. The van der Waals surface area contributed by atoms with E-state index in [2.05, 4.69) is 35.2 Å². The standard InChI is InChI=1S/C37H47NO4/c1-26(39-2)41-25-42-36-21-32-9-8-31(30-10-12-38(13-11-30)14-15-40-34-6-4-3-5-7-34)19-33(32)20-35(36)37-22-27-16-28(23-37)18-29(17-27)24-37/h3-9,19-21,26-30H,10-18,22-25H2,1-2H3. The van der Waals surface area contributed by atoms with Gasteiger partial charge in [-0.2, -0.15) is 0 Å². The molecule has 5 heteroatoms. The molecule has 42 heavy (non-hydrogen) atoms. The second kappa shape index (κ2) is 12.2. The van der Waals surface area contributed by atoms with Crippen LogP contribution in [0.4, 0.5) is 0 Å². The molecule has 5 fully saturated rings. The fraction of sp³-hybridized carbons (Fsp3) is 0.568. The van der Waals surface area contributed by atoms with Crippen LogP contribution < -0.4 is 9.47 Å². The number of methoxy groups -OCH3 is 1. The van der Waals surface area contributed by atoms with Crippen molar-refractivity contribution in [3.8, 4) is 11.5 Å². The number of hydrogen-bond acceptors (Lipinski definition) is 5. The minimum Gasteiger partial charge on any atom is -0.492 e. The molecule has 3 aromatic carbocycles. The highest BCUT2D eigenvalue weighted by Crippen LogP contribution is 2.62. The molecular weight excluding hydrogens is 522 g/mol. The monoisotopic (exact) mass is 569 g/mol. The lowest BCUT2D eigenvalue weighted by Crippen LogP contribution is -2.48. The van der Waals surface area contributed by atoms with Gasteiger partial charge in [-0.3, -0.25) is 4.90 Å². The lowest BCUT2D eigenvalue weighted by atomic mass is 9.48. The van der Waals surface area contributed by atoms with Gasteiger partial charge in [0.1, 0.15) is 18.1 Å². The summed E-state index contributed by atoms with van der Waals surface area (Å²) in [5, 5.41) is 2.63. The topological polar surface area (TPSA) is 40.2 Å². The molecule has 5 nitrogen and oxygen atoms in total. The van der Waals surface area contributed by atoms with Gasteiger partial charge in [-0.05, 0) is 141 Å². The lowest BCUT2D eigenvalue weighted by molar-refractivity contribution is -0.150. The van der Waals surface area contributed by atoms with Gasteiger partial charge in [0.15, 0.2) is 13.1 Å². The quantitative estimate of drug-likeness (QED) is 0.220. The first kappa shape index (κ1) is 28.2. The molecule has 0 N–H and O–H groups in total. The number of hydrogen-bond donors (Lipinski definition) is 0. The molecule has 3 aromatic rings. The summed E-state index contributed by atoms with van der Waals surface area (Å²) in [7, 11) is 1.67. The smallest absolute Gasteiger partial charge is 0.191 e. The Bertz CT molecular complexity index is 1310. The number of rotatable bonds is 11. The van der Waals surface area contributed by atoms with Crippen molar-refractivity contribution in [1.29, 1.82) is 0 Å². The molecule has 5 aliphatic rings. The van der Waals surface area contributed by atoms with Crippen molar-refractivity contribution in [2.75, 3.05) is 40.1 Å². The van der Waals surface area contributed by atoms with E-state index in [9.17, 15) is 0 Å². The molecule has 0 spiro atoms. The minimum atomic E-state index is -0.279. The Morgan fingerprint density at radius 2 is 1.55 bits per heavy atom. The van der Waals surface area contributed by atoms with Crippen LogP contribution in [-0.4, -0.2) is 51.3 Å². The summed E-state index contributed by atoms with van der Waals surface area (Å²) in [6, 6.07) is 22.1. The van der Waals surface area contributed by atoms with Crippen molar-refractivity contribution in [3.63, 3.8) is 0 Å². The highest BCUT2D eigenvalue weighted by molar-refractivity contribution is 5.86. The molecule has 0 aromatic heterocycles. The van der Waals surface area contributed by atoms with Crippen molar-refractivity contribution in [1.82, 2.24) is 4.90 Å². The number of para-hydroxylation sites is 1. The van der Waals surface area contributed by atoms with Gasteiger partial charge >= 0.3 is 0 Å². The molecule has 4 bridgehead atoms. The van der Waals surface area contributed by atoms with Gasteiger partial charge in [-0.25, -0.2) is 0 Å². The average Bonchev–Trinajstić information content (AvgIpc) is 3.00. The maximum Gasteiger partial charge on any atom is 0.191 e. The second-order valence-electron chi connectivity index (χ2n) is 13.7. The van der Waals surface area contributed by atoms with Crippen LogP contribution in [0.15, 0.2) is 60.7 Å². The molecule has 1 unspecified atom stereocenters. The van der Waals surface area contributed by atoms with Gasteiger partial charge in [0.2, 0.25) is 0 Å². The van der Waals surface area contributed by atoms with Gasteiger partial charge < -0.3 is 18.9 Å². The van der Waals surface area contributed by atoms with E-state index in [0.717, 1.165) is 55.5 Å². The molecule has 4 aliphatic carbocycles. The van der Waals surface area contributed by atoms with E-state index in [4.69, 9.17) is 18.9 Å². The Kier molecular flexibility index (Phi) is 8.18. The number of nitrogens with zero attached hydrogens (tertiary/aromatic N) is 1. The summed E-state index contributed by atoms with van der Waals surface area (Å²) in [5.41, 5.74) is 3.19. The van der Waals surface area contributed by atoms with Crippen LogP contribution in [0, 0.1) is 17.8 Å². The van der Waals surface area contributed by atoms with E-state index in [1.54, 1.807) is 7.11 Å². The van der Waals surface area contributed by atoms with Crippen LogP contribution in [-0.2, 0) is 14.9 Å². The van der Waals surface area contributed by atoms with E-state index in [1.807, 2.05) is 37.3 Å². The fourth-order valence-electron chi connectivity index (χ4n) is 9.08. The van der Waals surface area contributed by atoms with Crippen LogP contribution in [0.1, 0.15) is 75.3 Å². The van der Waals surface area contributed by atoms with Gasteiger partial charge in [0.25, 0.3) is 0 Å². The molecule has 8 rings (SSSR count). The summed E-state index contributed by atoms with van der Waals surface area (Å²) >= 11 is 0. The summed E-state index contributed by atoms with van der Waals surface area (Å²) < 4.78 is 23.4. The highest BCUT2D eigenvalue weighted by atomic mass is 16.7. The summed E-state index contributed by atoms with van der Waals surface area (Å²) in [6.45, 7) is 6.13. The van der Waals surface area contributed by atoms with E-state index in [-0.39, 0.29) is 18.5 Å². The normalized spacial score (nSPS) is 28.3. The zero-order valence-corrected chi connectivity index (χ0v) is 25.4. The Hall–Kier alpha value is -2.60. The lowest BCUT2D eigenvalue weighted by Gasteiger charge is -2.57. The highest BCUT2D eigenvalue weighted by Gasteiger charge is 2.52. The van der Waals surface area contributed by atoms with Gasteiger partial charge in [-0.1, -0.05) is 36.4 Å². The van der Waals surface area contributed by atoms with Crippen molar-refractivity contribution < 1.29 is 18.9 Å². The Morgan fingerprint density at radius 1 is 0.833 bits per heavy atom. The first-order valence-electron chi connectivity index (χ1n) is 16.3. The Morgan fingerprint density at radius 3 is 2.24 bits per heavy atom. The van der Waals surface area contributed by atoms with Crippen LogP contribution in [0.25, 0.3) is 10.8 Å². The summed E-state index contributed by atoms with van der Waals surface area (Å²) in [5.74, 6) is 5.26. The van der Waals surface area contributed by atoms with E-state index >= 15 is 0 Å². The third-order valence-electron chi connectivity index (χ3n) is 10.9. The van der Waals surface area contributed by atoms with E-state index < -0.39 is 0 Å². The molecule has 1 saturated heterocycles. The molecule has 1 atom stereocenters. The molecule has 1 aliphatic heterocycles. The third-order valence-corrected chi connectivity index (χ3v) is 10.9. The van der Waals surface area contributed by atoms with Gasteiger partial charge in [-0.15, -0.1) is 0 Å². The van der Waals surface area contributed by atoms with Gasteiger partial charge in [0.05, 0.1) is 0 Å². The van der Waals surface area contributed by atoms with Crippen LogP contribution in [0.5, 0.6) is 11.5 Å². The summed E-state index contributed by atoms with van der Waals surface area (Å²) in [6.07, 6.45) is 10.4. The largest absolute Gasteiger partial charge is 0.492 e. The maximum atomic E-state index is 6.41. The number of ether oxygens (including phenoxy) is 4. The Balaban J connectivity index is 1.08. The predicted molar refractivity (Wildman–Crippen MR) is 167 cm³/mol. The van der Waals surface area contributed by atoms with Crippen LogP contribution >= 0.6 is 0 Å². The molecular formula is C37H47NO4. The minimum absolute atomic E-state index is 0.215. The third kappa shape index (κ3) is 5.93. The average molecular weight is 570 g/mol. The van der Waals surface area contributed by atoms with Crippen LogP contribution in [0.2, 0.25) is 0 Å². The zero-order chi connectivity index (χ0) is 28.5. The fourth-order valence-corrected chi connectivity index (χ4v) is 9.08. The van der Waals surface area contributed by atoms with E-state index in [1.165, 1.54) is 73.3 Å². The number of likely N-dealkylation sites (tertiary alicyclic amines) is 1. The van der Waals surface area contributed by atoms with Crippen LogP contribution in [0.3, 0.4) is 0 Å². The van der Waals surface area contributed by atoms with Crippen molar-refractivity contribution in [2.24, 2.45) is 17.8 Å². The summed E-state index contributed by atoms with van der Waals surface area (Å²) in [4.78, 5) is 2.56. The number of benzene rings is 3. The maximum absolute atomic E-state index is 6.41. The molecule has 224 valence electrons. The number of fused-ring (bicyclic) bond motifs is 1. The first-order valence-corrected chi connectivity index (χ1v) is 16.3. The predicted octanol–water partition coefficient (Wildman–Crippen LogP) is 7.91. The van der Waals surface area contributed by atoms with Crippen molar-refractivity contribution >= 4 is 10.8 Å². The van der Waals surface area contributed by atoms with E-state index in [0.29, 0.717) is 5.92 Å². The Labute approximate surface area is 251 Å². The molecule has 0 amide bonds. The molecule has 0 radical (unpaired) electrons. The first-order chi connectivity index (χ1) is 20.6. The molecule has 1 heterocycles. The van der Waals surface area contributed by atoms with Crippen molar-refractivity contribution in [2.45, 2.75) is 75.9 Å². The second-order valence-corrected chi connectivity index (χ2v) is 13.7.